The molecule has 1 saturated heterocycles. The van der Waals surface area contributed by atoms with Crippen LogP contribution in [0.3, 0.4) is 0 Å². The minimum Gasteiger partial charge on any atom is -0.466 e. The van der Waals surface area contributed by atoms with Crippen molar-refractivity contribution in [3.05, 3.63) is 12.4 Å². The summed E-state index contributed by atoms with van der Waals surface area (Å²) in [5.41, 5.74) is 0.000196. The second-order valence-electron chi connectivity index (χ2n) is 7.70. The van der Waals surface area contributed by atoms with Crippen LogP contribution in [0.2, 0.25) is 0 Å². The maximum atomic E-state index is 11.2. The molecule has 0 atom stereocenters. The molecule has 0 saturated carbocycles. The lowest BCUT2D eigenvalue weighted by Crippen LogP contribution is -2.41. The molecule has 0 aliphatic carbocycles. The molecular formula is C19H31BN2O5. The first-order valence-electron chi connectivity index (χ1n) is 9.71. The van der Waals surface area contributed by atoms with E-state index in [2.05, 4.69) is 9.97 Å². The number of hydrogen-bond donors (Lipinski definition) is 0. The van der Waals surface area contributed by atoms with E-state index in [1.807, 2.05) is 34.6 Å². The Kier molecular flexibility index (Phi) is 7.62. The Morgan fingerprint density at radius 3 is 2.22 bits per heavy atom. The number of carbonyl (C=O) groups excluding carboxylic acids is 1. The highest BCUT2D eigenvalue weighted by Gasteiger charge is 2.51. The molecule has 0 unspecified atom stereocenters. The number of hydrogen-bond acceptors (Lipinski definition) is 7. The second kappa shape index (κ2) is 9.51. The predicted octanol–water partition coefficient (Wildman–Crippen LogP) is 2.67. The van der Waals surface area contributed by atoms with Crippen molar-refractivity contribution >= 4 is 18.6 Å². The van der Waals surface area contributed by atoms with Crippen molar-refractivity contribution in [2.24, 2.45) is 0 Å². The number of nitrogens with zero attached hydrogens (tertiary/aromatic N) is 2. The van der Waals surface area contributed by atoms with E-state index < -0.39 is 7.12 Å². The van der Waals surface area contributed by atoms with Crippen molar-refractivity contribution in [3.8, 4) is 6.01 Å². The van der Waals surface area contributed by atoms with Gasteiger partial charge in [-0.25, -0.2) is 9.97 Å². The molecule has 1 aromatic heterocycles. The molecule has 7 nitrogen and oxygen atoms in total. The summed E-state index contributed by atoms with van der Waals surface area (Å²) in [5.74, 6) is -0.121. The fraction of sp³-hybridized carbons (Fsp3) is 0.737. The van der Waals surface area contributed by atoms with Gasteiger partial charge in [0.15, 0.2) is 0 Å². The molecular weight excluding hydrogens is 347 g/mol. The first kappa shape index (κ1) is 21.6. The SMILES string of the molecule is CCOC(=O)CCCCCCOc1ncc(B2OC(C)(C)C(C)(C)O2)cn1. The van der Waals surface area contributed by atoms with Crippen molar-refractivity contribution in [2.75, 3.05) is 13.2 Å². The summed E-state index contributed by atoms with van der Waals surface area (Å²) in [6.45, 7) is 10.9. The average Bonchev–Trinajstić information content (AvgIpc) is 2.82. The molecule has 0 N–H and O–H groups in total. The molecule has 0 radical (unpaired) electrons. The highest BCUT2D eigenvalue weighted by Crippen LogP contribution is 2.36. The summed E-state index contributed by atoms with van der Waals surface area (Å²) >= 11 is 0. The molecule has 1 aliphatic heterocycles. The van der Waals surface area contributed by atoms with Gasteiger partial charge in [-0.2, -0.15) is 0 Å². The summed E-state index contributed by atoms with van der Waals surface area (Å²) in [4.78, 5) is 19.7. The Labute approximate surface area is 162 Å². The Balaban J connectivity index is 1.66. The first-order chi connectivity index (χ1) is 12.7. The van der Waals surface area contributed by atoms with Gasteiger partial charge in [0.05, 0.1) is 24.4 Å². The van der Waals surface area contributed by atoms with E-state index >= 15 is 0 Å². The van der Waals surface area contributed by atoms with E-state index in [9.17, 15) is 4.79 Å². The van der Waals surface area contributed by atoms with Crippen LogP contribution in [-0.4, -0.2) is 47.5 Å². The van der Waals surface area contributed by atoms with Gasteiger partial charge in [0.1, 0.15) is 0 Å². The number of rotatable bonds is 10. The normalized spacial score (nSPS) is 17.7. The number of aromatic nitrogens is 2. The van der Waals surface area contributed by atoms with Crippen LogP contribution >= 0.6 is 0 Å². The Hall–Kier alpha value is -1.67. The Morgan fingerprint density at radius 2 is 1.63 bits per heavy atom. The maximum absolute atomic E-state index is 11.2. The van der Waals surface area contributed by atoms with Gasteiger partial charge < -0.3 is 18.8 Å². The molecule has 27 heavy (non-hydrogen) atoms. The zero-order valence-electron chi connectivity index (χ0n) is 17.1. The average molecular weight is 378 g/mol. The predicted molar refractivity (Wildman–Crippen MR) is 103 cm³/mol. The number of carbonyl (C=O) groups is 1. The number of unbranched alkanes of at least 4 members (excludes halogenated alkanes) is 3. The summed E-state index contributed by atoms with van der Waals surface area (Å²) < 4.78 is 22.4. The van der Waals surface area contributed by atoms with Gasteiger partial charge in [0.2, 0.25) is 0 Å². The molecule has 1 aromatic rings. The van der Waals surface area contributed by atoms with Crippen LogP contribution in [0.5, 0.6) is 6.01 Å². The molecule has 1 aliphatic rings. The molecule has 8 heteroatoms. The van der Waals surface area contributed by atoms with E-state index in [4.69, 9.17) is 18.8 Å². The van der Waals surface area contributed by atoms with Crippen LogP contribution in [0.4, 0.5) is 0 Å². The van der Waals surface area contributed by atoms with Crippen molar-refractivity contribution in [1.29, 1.82) is 0 Å². The third-order valence-corrected chi connectivity index (χ3v) is 4.99. The van der Waals surface area contributed by atoms with Gasteiger partial charge in [0, 0.05) is 24.3 Å². The van der Waals surface area contributed by atoms with E-state index in [1.54, 1.807) is 12.4 Å². The zero-order chi connectivity index (χ0) is 19.9. The van der Waals surface area contributed by atoms with Crippen LogP contribution in [0.1, 0.15) is 66.7 Å². The van der Waals surface area contributed by atoms with Crippen LogP contribution < -0.4 is 10.2 Å². The quantitative estimate of drug-likeness (QED) is 0.352. The van der Waals surface area contributed by atoms with Gasteiger partial charge in [-0.3, -0.25) is 4.79 Å². The lowest BCUT2D eigenvalue weighted by Gasteiger charge is -2.32. The smallest absolute Gasteiger partial charge is 0.466 e. The number of ether oxygens (including phenoxy) is 2. The zero-order valence-corrected chi connectivity index (χ0v) is 17.1. The van der Waals surface area contributed by atoms with E-state index in [1.165, 1.54) is 0 Å². The second-order valence-corrected chi connectivity index (χ2v) is 7.70. The molecule has 2 rings (SSSR count). The first-order valence-corrected chi connectivity index (χ1v) is 9.71. The third kappa shape index (κ3) is 6.18. The van der Waals surface area contributed by atoms with Crippen LogP contribution in [0, 0.1) is 0 Å². The standard InChI is InChI=1S/C19H31BN2O5/c1-6-24-16(23)11-9-7-8-10-12-25-17-21-13-15(14-22-17)20-26-18(2,3)19(4,5)27-20/h13-14H,6-12H2,1-5H3. The van der Waals surface area contributed by atoms with E-state index in [0.29, 0.717) is 25.6 Å². The molecule has 0 amide bonds. The fourth-order valence-corrected chi connectivity index (χ4v) is 2.62. The van der Waals surface area contributed by atoms with Crippen molar-refractivity contribution < 1.29 is 23.6 Å². The Morgan fingerprint density at radius 1 is 1.04 bits per heavy atom. The summed E-state index contributed by atoms with van der Waals surface area (Å²) in [7, 11) is -0.469. The minimum absolute atomic E-state index is 0.121. The van der Waals surface area contributed by atoms with Crippen molar-refractivity contribution in [2.45, 2.75) is 77.9 Å². The molecule has 1 fully saturated rings. The largest absolute Gasteiger partial charge is 0.498 e. The highest BCUT2D eigenvalue weighted by molar-refractivity contribution is 6.61. The third-order valence-electron chi connectivity index (χ3n) is 4.99. The molecule has 150 valence electrons. The summed E-state index contributed by atoms with van der Waals surface area (Å²) in [5, 5.41) is 0. The lowest BCUT2D eigenvalue weighted by atomic mass is 9.81. The monoisotopic (exact) mass is 378 g/mol. The van der Waals surface area contributed by atoms with Gasteiger partial charge in [-0.15, -0.1) is 0 Å². The van der Waals surface area contributed by atoms with Gasteiger partial charge in [0.25, 0.3) is 0 Å². The number of esters is 1. The van der Waals surface area contributed by atoms with Crippen LogP contribution in [-0.2, 0) is 18.8 Å². The molecule has 0 bridgehead atoms. The van der Waals surface area contributed by atoms with Crippen LogP contribution in [0.25, 0.3) is 0 Å². The highest BCUT2D eigenvalue weighted by atomic mass is 16.7. The van der Waals surface area contributed by atoms with Crippen molar-refractivity contribution in [3.63, 3.8) is 0 Å². The van der Waals surface area contributed by atoms with Gasteiger partial charge >= 0.3 is 19.1 Å². The van der Waals surface area contributed by atoms with Gasteiger partial charge in [-0.05, 0) is 47.5 Å². The lowest BCUT2D eigenvalue weighted by molar-refractivity contribution is -0.143. The van der Waals surface area contributed by atoms with E-state index in [-0.39, 0.29) is 17.2 Å². The van der Waals surface area contributed by atoms with Crippen LogP contribution in [0.15, 0.2) is 12.4 Å². The fourth-order valence-electron chi connectivity index (χ4n) is 2.62. The summed E-state index contributed by atoms with van der Waals surface area (Å²) in [6.07, 6.45) is 7.56. The minimum atomic E-state index is -0.469. The van der Waals surface area contributed by atoms with E-state index in [0.717, 1.165) is 31.1 Å². The Bertz CT molecular complexity index is 591. The molecule has 2 heterocycles. The molecule has 0 spiro atoms. The van der Waals surface area contributed by atoms with Crippen molar-refractivity contribution in [1.82, 2.24) is 9.97 Å². The van der Waals surface area contributed by atoms with Gasteiger partial charge in [-0.1, -0.05) is 12.8 Å². The topological polar surface area (TPSA) is 79.8 Å². The maximum Gasteiger partial charge on any atom is 0.498 e. The summed E-state index contributed by atoms with van der Waals surface area (Å²) in [6, 6.07) is 0.349. The molecule has 0 aromatic carbocycles.